The summed E-state index contributed by atoms with van der Waals surface area (Å²) in [5, 5.41) is 35.8. The smallest absolute Gasteiger partial charge is 0.200 e. The van der Waals surface area contributed by atoms with Crippen LogP contribution < -0.4 is 15.5 Å². The number of hydrogen-bond acceptors (Lipinski definition) is 11. The maximum atomic E-state index is 9.58. The predicted octanol–water partition coefficient (Wildman–Crippen LogP) is 2.73. The van der Waals surface area contributed by atoms with Gasteiger partial charge in [0.25, 0.3) is 0 Å². The summed E-state index contributed by atoms with van der Waals surface area (Å²) in [5.41, 5.74) is 4.77. The van der Waals surface area contributed by atoms with Crippen LogP contribution in [0, 0.1) is 0 Å². The van der Waals surface area contributed by atoms with Crippen molar-refractivity contribution in [1.29, 1.82) is 0 Å². The molecule has 0 radical (unpaired) electrons. The molecule has 0 saturated heterocycles. The third kappa shape index (κ3) is 4.19. The molecule has 11 heteroatoms. The van der Waals surface area contributed by atoms with Gasteiger partial charge in [-0.2, -0.15) is 5.10 Å². The second-order valence-electron chi connectivity index (χ2n) is 6.28. The number of benzene rings is 2. The molecular formula is C20H17N7O4. The summed E-state index contributed by atoms with van der Waals surface area (Å²) in [6.07, 6.45) is 4.06. The quantitative estimate of drug-likeness (QED) is 0.179. The van der Waals surface area contributed by atoms with E-state index >= 15 is 0 Å². The van der Waals surface area contributed by atoms with Crippen molar-refractivity contribution < 1.29 is 20.1 Å². The van der Waals surface area contributed by atoms with Gasteiger partial charge in [0.2, 0.25) is 0 Å². The summed E-state index contributed by atoms with van der Waals surface area (Å²) >= 11 is 0. The van der Waals surface area contributed by atoms with Gasteiger partial charge in [0.05, 0.1) is 13.3 Å². The van der Waals surface area contributed by atoms with Crippen molar-refractivity contribution >= 4 is 34.6 Å². The molecule has 0 aliphatic heterocycles. The van der Waals surface area contributed by atoms with Gasteiger partial charge in [-0.25, -0.2) is 19.9 Å². The van der Waals surface area contributed by atoms with E-state index in [4.69, 9.17) is 4.74 Å². The molecule has 2 aromatic heterocycles. The third-order valence-electron chi connectivity index (χ3n) is 4.23. The first-order chi connectivity index (χ1) is 15.0. The van der Waals surface area contributed by atoms with Gasteiger partial charge in [0, 0.05) is 17.3 Å². The molecule has 156 valence electrons. The topological polar surface area (TPSA) is 158 Å². The summed E-state index contributed by atoms with van der Waals surface area (Å²) in [6.45, 7) is 0. The van der Waals surface area contributed by atoms with Gasteiger partial charge >= 0.3 is 0 Å². The second-order valence-corrected chi connectivity index (χ2v) is 6.28. The van der Waals surface area contributed by atoms with E-state index in [1.54, 1.807) is 7.11 Å². The highest BCUT2D eigenvalue weighted by Gasteiger charge is 2.11. The van der Waals surface area contributed by atoms with E-state index in [9.17, 15) is 15.3 Å². The van der Waals surface area contributed by atoms with Gasteiger partial charge < -0.3 is 25.4 Å². The Hall–Kier alpha value is -4.67. The van der Waals surface area contributed by atoms with Crippen molar-refractivity contribution in [2.45, 2.75) is 0 Å². The van der Waals surface area contributed by atoms with Crippen LogP contribution in [0.4, 0.5) is 17.3 Å². The third-order valence-corrected chi connectivity index (χ3v) is 4.23. The summed E-state index contributed by atoms with van der Waals surface area (Å²) in [4.78, 5) is 16.9. The Kier molecular flexibility index (Phi) is 5.30. The van der Waals surface area contributed by atoms with Crippen LogP contribution in [0.1, 0.15) is 5.56 Å². The van der Waals surface area contributed by atoms with Crippen molar-refractivity contribution in [3.8, 4) is 23.0 Å². The van der Waals surface area contributed by atoms with E-state index in [2.05, 4.69) is 35.8 Å². The van der Waals surface area contributed by atoms with Crippen LogP contribution in [0.2, 0.25) is 0 Å². The minimum absolute atomic E-state index is 0.324. The number of hydrazone groups is 1. The molecule has 0 unspecified atom stereocenters. The zero-order valence-corrected chi connectivity index (χ0v) is 16.2. The van der Waals surface area contributed by atoms with Crippen molar-refractivity contribution in [1.82, 2.24) is 19.9 Å². The van der Waals surface area contributed by atoms with E-state index in [1.807, 2.05) is 24.3 Å². The standard InChI is InChI=1S/C20H17N7O4/c1-31-13-4-2-3-12(7-13)26-19-16-17(22-9-23-19)20(24-10-21-16)27-25-8-11-5-14(28)18(30)15(29)6-11/h2-10,28-30H,1H3,(H,21,24,27)(H,22,23,26). The lowest BCUT2D eigenvalue weighted by Crippen LogP contribution is -2.02. The first-order valence-electron chi connectivity index (χ1n) is 8.96. The lowest BCUT2D eigenvalue weighted by Gasteiger charge is -2.10. The number of anilines is 3. The lowest BCUT2D eigenvalue weighted by molar-refractivity contribution is 0.368. The molecule has 0 amide bonds. The van der Waals surface area contributed by atoms with Crippen molar-refractivity contribution in [2.24, 2.45) is 5.10 Å². The number of nitrogens with one attached hydrogen (secondary N) is 2. The molecular weight excluding hydrogens is 402 g/mol. The van der Waals surface area contributed by atoms with Gasteiger partial charge in [-0.1, -0.05) is 6.07 Å². The Labute approximate surface area is 175 Å². The highest BCUT2D eigenvalue weighted by Crippen LogP contribution is 2.34. The molecule has 11 nitrogen and oxygen atoms in total. The number of fused-ring (bicyclic) bond motifs is 1. The summed E-state index contributed by atoms with van der Waals surface area (Å²) in [5.74, 6) is -0.0313. The zero-order valence-electron chi connectivity index (χ0n) is 16.2. The number of aromatic hydroxyl groups is 3. The fourth-order valence-corrected chi connectivity index (χ4v) is 2.76. The Morgan fingerprint density at radius 3 is 2.29 bits per heavy atom. The highest BCUT2D eigenvalue weighted by atomic mass is 16.5. The molecule has 4 aromatic rings. The second kappa shape index (κ2) is 8.37. The predicted molar refractivity (Wildman–Crippen MR) is 114 cm³/mol. The van der Waals surface area contributed by atoms with Crippen molar-refractivity contribution in [3.05, 3.63) is 54.6 Å². The SMILES string of the molecule is COc1cccc(Nc2ncnc3c(NN=Cc4cc(O)c(O)c(O)c4)ncnc23)c1. The normalized spacial score (nSPS) is 11.0. The van der Waals surface area contributed by atoms with Crippen LogP contribution in [-0.2, 0) is 0 Å². The molecule has 0 aliphatic rings. The molecule has 0 saturated carbocycles. The molecule has 5 N–H and O–H groups in total. The number of rotatable bonds is 6. The van der Waals surface area contributed by atoms with Crippen molar-refractivity contribution in [2.75, 3.05) is 17.9 Å². The molecule has 2 heterocycles. The number of phenolic OH excluding ortho intramolecular Hbond substituents is 3. The van der Waals surface area contributed by atoms with E-state index < -0.39 is 17.2 Å². The van der Waals surface area contributed by atoms with Gasteiger partial charge in [-0.15, -0.1) is 0 Å². The largest absolute Gasteiger partial charge is 0.504 e. The minimum Gasteiger partial charge on any atom is -0.504 e. The van der Waals surface area contributed by atoms with Crippen molar-refractivity contribution in [3.63, 3.8) is 0 Å². The molecule has 2 aromatic carbocycles. The maximum absolute atomic E-state index is 9.58. The molecule has 4 rings (SSSR count). The van der Waals surface area contributed by atoms with Gasteiger partial charge in [-0.3, -0.25) is 5.43 Å². The summed E-state index contributed by atoms with van der Waals surface area (Å²) in [7, 11) is 1.59. The Bertz CT molecular complexity index is 1260. The van der Waals surface area contributed by atoms with Gasteiger partial charge in [0.15, 0.2) is 28.9 Å². The van der Waals surface area contributed by atoms with Crippen LogP contribution in [0.3, 0.4) is 0 Å². The van der Waals surface area contributed by atoms with Crippen LogP contribution >= 0.6 is 0 Å². The Morgan fingerprint density at radius 2 is 1.58 bits per heavy atom. The summed E-state index contributed by atoms with van der Waals surface area (Å²) in [6, 6.07) is 9.86. The maximum Gasteiger partial charge on any atom is 0.200 e. The zero-order chi connectivity index (χ0) is 21.8. The molecule has 0 fully saturated rings. The fourth-order valence-electron chi connectivity index (χ4n) is 2.76. The molecule has 31 heavy (non-hydrogen) atoms. The van der Waals surface area contributed by atoms with E-state index in [1.165, 1.54) is 31.0 Å². The first kappa shape index (κ1) is 19.6. The van der Waals surface area contributed by atoms with Crippen LogP contribution in [0.15, 0.2) is 54.2 Å². The van der Waals surface area contributed by atoms with E-state index in [0.29, 0.717) is 34.0 Å². The average Bonchev–Trinajstić information content (AvgIpc) is 2.78. The number of methoxy groups -OCH3 is 1. The Morgan fingerprint density at radius 1 is 0.903 bits per heavy atom. The number of hydrogen-bond donors (Lipinski definition) is 5. The highest BCUT2D eigenvalue weighted by molar-refractivity contribution is 5.93. The monoisotopic (exact) mass is 419 g/mol. The van der Waals surface area contributed by atoms with E-state index in [-0.39, 0.29) is 0 Å². The Balaban J connectivity index is 1.60. The van der Waals surface area contributed by atoms with Gasteiger partial charge in [-0.05, 0) is 24.3 Å². The average molecular weight is 419 g/mol. The number of ether oxygens (including phenoxy) is 1. The van der Waals surface area contributed by atoms with Gasteiger partial charge in [0.1, 0.15) is 29.4 Å². The molecule has 0 spiro atoms. The molecule has 0 atom stereocenters. The fraction of sp³-hybridized carbons (Fsp3) is 0.0500. The molecule has 0 bridgehead atoms. The van der Waals surface area contributed by atoms with E-state index in [0.717, 1.165) is 5.69 Å². The molecule has 0 aliphatic carbocycles. The van der Waals surface area contributed by atoms with Crippen LogP contribution in [0.25, 0.3) is 11.0 Å². The number of phenols is 3. The van der Waals surface area contributed by atoms with Crippen LogP contribution in [-0.4, -0.2) is 48.6 Å². The number of aromatic nitrogens is 4. The first-order valence-corrected chi connectivity index (χ1v) is 8.96. The minimum atomic E-state index is -0.598. The van der Waals surface area contributed by atoms with Crippen LogP contribution in [0.5, 0.6) is 23.0 Å². The lowest BCUT2D eigenvalue weighted by atomic mass is 10.2. The number of nitrogens with zero attached hydrogens (tertiary/aromatic N) is 5. The summed E-state index contributed by atoms with van der Waals surface area (Å²) < 4.78 is 5.23.